The van der Waals surface area contributed by atoms with Crippen LogP contribution in [-0.4, -0.2) is 34.6 Å². The molecule has 3 amide bonds. The molecule has 3 fully saturated rings. The van der Waals surface area contributed by atoms with Crippen molar-refractivity contribution >= 4 is 68.1 Å². The molecule has 0 spiro atoms. The molecule has 252 valence electrons. The molecule has 49 heavy (non-hydrogen) atoms. The molecule has 0 radical (unpaired) electrons. The first kappa shape index (κ1) is 32.3. The zero-order valence-corrected chi connectivity index (χ0v) is 28.8. The van der Waals surface area contributed by atoms with Gasteiger partial charge in [-0.25, -0.2) is 0 Å². The van der Waals surface area contributed by atoms with Gasteiger partial charge in [0.15, 0.2) is 6.61 Å². The van der Waals surface area contributed by atoms with Crippen LogP contribution >= 0.6 is 39.0 Å². The van der Waals surface area contributed by atoms with Crippen LogP contribution in [0, 0.1) is 36.5 Å². The maximum Gasteiger partial charge on any atom is 0.416 e. The highest BCUT2D eigenvalue weighted by Crippen LogP contribution is 2.69. The molecule has 1 saturated heterocycles. The Morgan fingerprint density at radius 1 is 1.02 bits per heavy atom. The highest BCUT2D eigenvalue weighted by Gasteiger charge is 2.70. The number of imide groups is 1. The van der Waals surface area contributed by atoms with E-state index in [1.165, 1.54) is 23.9 Å². The first-order valence-electron chi connectivity index (χ1n) is 15.6. The molecule has 2 aliphatic heterocycles. The Kier molecular flexibility index (Phi) is 7.83. The fourth-order valence-electron chi connectivity index (χ4n) is 8.31. The summed E-state index contributed by atoms with van der Waals surface area (Å²) in [5, 5.41) is 3.38. The van der Waals surface area contributed by atoms with Gasteiger partial charge in [-0.1, -0.05) is 51.0 Å². The second kappa shape index (κ2) is 11.9. The molecule has 3 aromatic carbocycles. The Hall–Kier alpha value is -3.88. The number of amides is 3. The second-order valence-electron chi connectivity index (χ2n) is 12.9. The predicted molar refractivity (Wildman–Crippen MR) is 182 cm³/mol. The van der Waals surface area contributed by atoms with Crippen LogP contribution in [-0.2, 0) is 20.6 Å². The summed E-state index contributed by atoms with van der Waals surface area (Å²) < 4.78 is 47.6. The standard InChI is InChI=1S/C35H27BrF3N3O5S2/c1-15-5-8-18(9-6-15)40-24(43)14-47-23-10-7-17(36)12-20(23)25-26-21-13-22(29(26)48-31-30(25)49-34(46)41-31)28-27(21)32(44)42(33(28)45)19-4-2-3-16(11-19)35(37,38)39/h2-12,21-22,25-29H,13-14H2,1H3,(H,40,43)(H,41,46)/t21-,22-,25-,26?,27?,28?,29?/m1/s1. The summed E-state index contributed by atoms with van der Waals surface area (Å²) in [6.07, 6.45) is -4.03. The maximum absolute atomic E-state index is 14.1. The van der Waals surface area contributed by atoms with Crippen LogP contribution in [0.25, 0.3) is 0 Å². The number of thioether (sulfide) groups is 1. The summed E-state index contributed by atoms with van der Waals surface area (Å²) >= 11 is 6.17. The molecule has 2 N–H and O–H groups in total. The number of carbonyl (C=O) groups is 3. The van der Waals surface area contributed by atoms with E-state index in [9.17, 15) is 32.3 Å². The Bertz CT molecular complexity index is 2080. The summed E-state index contributed by atoms with van der Waals surface area (Å²) in [4.78, 5) is 58.1. The van der Waals surface area contributed by atoms with Gasteiger partial charge in [-0.3, -0.25) is 24.1 Å². The van der Waals surface area contributed by atoms with Crippen molar-refractivity contribution in [3.63, 3.8) is 0 Å². The largest absolute Gasteiger partial charge is 0.483 e. The highest BCUT2D eigenvalue weighted by atomic mass is 79.9. The third-order valence-corrected chi connectivity index (χ3v) is 13.2. The molecule has 8 nitrogen and oxygen atoms in total. The molecule has 4 aliphatic rings. The van der Waals surface area contributed by atoms with Crippen LogP contribution in [0.1, 0.15) is 33.9 Å². The number of thiazole rings is 1. The van der Waals surface area contributed by atoms with Crippen molar-refractivity contribution < 1.29 is 32.3 Å². The number of alkyl halides is 3. The Morgan fingerprint density at radius 2 is 1.76 bits per heavy atom. The first-order valence-corrected chi connectivity index (χ1v) is 18.1. The number of halogens is 4. The van der Waals surface area contributed by atoms with Gasteiger partial charge in [-0.2, -0.15) is 13.2 Å². The number of anilines is 2. The second-order valence-corrected chi connectivity index (χ2v) is 16.0. The summed E-state index contributed by atoms with van der Waals surface area (Å²) in [5.74, 6) is -3.34. The minimum atomic E-state index is -4.63. The van der Waals surface area contributed by atoms with E-state index in [-0.39, 0.29) is 46.1 Å². The average molecular weight is 771 g/mol. The number of nitrogens with zero attached hydrogens (tertiary/aromatic N) is 1. The van der Waals surface area contributed by atoms with Crippen molar-refractivity contribution in [3.05, 3.63) is 102 Å². The van der Waals surface area contributed by atoms with Crippen LogP contribution in [0.4, 0.5) is 24.5 Å². The van der Waals surface area contributed by atoms with Gasteiger partial charge in [-0.05, 0) is 79.6 Å². The van der Waals surface area contributed by atoms with E-state index >= 15 is 0 Å². The molecule has 7 atom stereocenters. The topological polar surface area (TPSA) is 109 Å². The molecule has 14 heteroatoms. The van der Waals surface area contributed by atoms with Crippen molar-refractivity contribution in [2.45, 2.75) is 35.7 Å². The lowest BCUT2D eigenvalue weighted by Crippen LogP contribution is -2.42. The smallest absolute Gasteiger partial charge is 0.416 e. The van der Waals surface area contributed by atoms with Crippen molar-refractivity contribution in [1.29, 1.82) is 0 Å². The number of nitrogens with one attached hydrogen (secondary N) is 2. The molecular formula is C35H27BrF3N3O5S2. The Morgan fingerprint density at radius 3 is 2.49 bits per heavy atom. The number of aromatic nitrogens is 1. The van der Waals surface area contributed by atoms with E-state index in [1.807, 2.05) is 25.1 Å². The number of H-pyrrole nitrogens is 1. The van der Waals surface area contributed by atoms with E-state index < -0.39 is 41.3 Å². The lowest BCUT2D eigenvalue weighted by molar-refractivity contribution is -0.137. The molecule has 8 rings (SSSR count). The predicted octanol–water partition coefficient (Wildman–Crippen LogP) is 7.22. The fraction of sp³-hybridized carbons (Fsp3) is 0.314. The average Bonchev–Trinajstić information content (AvgIpc) is 3.80. The number of ether oxygens (including phenoxy) is 1. The third kappa shape index (κ3) is 5.42. The number of benzene rings is 3. The SMILES string of the molecule is Cc1ccc(NC(=O)COc2ccc(Br)cc2[C@H]2c3sc(=O)[nH]c3SC3C2[C@H]2C[C@@H]3C3C(=O)N(c4cccc(C(F)(F)F)c4)C(=O)C32)cc1. The molecule has 3 heterocycles. The molecule has 1 aromatic heterocycles. The molecule has 2 aliphatic carbocycles. The number of aryl methyl sites for hydroxylation is 1. The first-order chi connectivity index (χ1) is 23.4. The number of aromatic amines is 1. The number of hydrogen-bond acceptors (Lipinski definition) is 7. The molecule has 4 aromatic rings. The lowest BCUT2D eigenvalue weighted by atomic mass is 9.68. The van der Waals surface area contributed by atoms with Crippen LogP contribution in [0.2, 0.25) is 0 Å². The van der Waals surface area contributed by atoms with Crippen LogP contribution < -0.4 is 19.8 Å². The van der Waals surface area contributed by atoms with Gasteiger partial charge in [0.05, 0.1) is 28.1 Å². The Labute approximate surface area is 294 Å². The van der Waals surface area contributed by atoms with Gasteiger partial charge in [0.2, 0.25) is 11.8 Å². The molecule has 2 bridgehead atoms. The van der Waals surface area contributed by atoms with Crippen LogP contribution in [0.3, 0.4) is 0 Å². The van der Waals surface area contributed by atoms with E-state index in [4.69, 9.17) is 4.74 Å². The van der Waals surface area contributed by atoms with Crippen molar-refractivity contribution in [2.24, 2.45) is 29.6 Å². The van der Waals surface area contributed by atoms with Crippen molar-refractivity contribution in [2.75, 3.05) is 16.8 Å². The maximum atomic E-state index is 14.1. The number of rotatable bonds is 6. The highest BCUT2D eigenvalue weighted by molar-refractivity contribution is 9.10. The van der Waals surface area contributed by atoms with Gasteiger partial charge >= 0.3 is 11.0 Å². The number of hydrogen-bond donors (Lipinski definition) is 2. The zero-order chi connectivity index (χ0) is 34.4. The van der Waals surface area contributed by atoms with Gasteiger partial charge < -0.3 is 15.0 Å². The number of fused-ring (bicyclic) bond motifs is 9. The minimum Gasteiger partial charge on any atom is -0.483 e. The van der Waals surface area contributed by atoms with E-state index in [0.29, 0.717) is 22.9 Å². The fourth-order valence-corrected chi connectivity index (χ4v) is 11.6. The summed E-state index contributed by atoms with van der Waals surface area (Å²) in [5.41, 5.74) is 1.41. The van der Waals surface area contributed by atoms with Gasteiger partial charge in [0, 0.05) is 31.8 Å². The zero-order valence-electron chi connectivity index (χ0n) is 25.6. The normalized spacial score (nSPS) is 26.8. The van der Waals surface area contributed by atoms with Crippen LogP contribution in [0.5, 0.6) is 5.75 Å². The quantitative estimate of drug-likeness (QED) is 0.201. The van der Waals surface area contributed by atoms with Crippen LogP contribution in [0.15, 0.2) is 81.0 Å². The van der Waals surface area contributed by atoms with E-state index in [0.717, 1.165) is 48.8 Å². The monoisotopic (exact) mass is 769 g/mol. The van der Waals surface area contributed by atoms with Gasteiger partial charge in [-0.15, -0.1) is 11.8 Å². The Balaban J connectivity index is 1.13. The van der Waals surface area contributed by atoms with E-state index in [1.54, 1.807) is 24.3 Å². The van der Waals surface area contributed by atoms with Crippen molar-refractivity contribution in [1.82, 2.24) is 4.98 Å². The molecule has 4 unspecified atom stereocenters. The molecule has 2 saturated carbocycles. The minimum absolute atomic E-state index is 0.0826. The van der Waals surface area contributed by atoms with Gasteiger partial charge in [0.25, 0.3) is 5.91 Å². The summed E-state index contributed by atoms with van der Waals surface area (Å²) in [7, 11) is 0. The van der Waals surface area contributed by atoms with Gasteiger partial charge in [0.1, 0.15) is 5.75 Å². The third-order valence-electron chi connectivity index (χ3n) is 10.2. The molecular weight excluding hydrogens is 743 g/mol. The van der Waals surface area contributed by atoms with E-state index in [2.05, 4.69) is 26.2 Å². The lowest BCUT2D eigenvalue weighted by Gasteiger charge is -2.43. The number of carbonyl (C=O) groups excluding carboxylic acids is 3. The summed E-state index contributed by atoms with van der Waals surface area (Å²) in [6.45, 7) is 1.68. The summed E-state index contributed by atoms with van der Waals surface area (Å²) in [6, 6.07) is 17.2. The van der Waals surface area contributed by atoms with Crippen molar-refractivity contribution in [3.8, 4) is 5.75 Å².